The molecule has 0 aliphatic heterocycles. The van der Waals surface area contributed by atoms with Crippen LogP contribution in [0, 0.1) is 0 Å². The van der Waals surface area contributed by atoms with Crippen LogP contribution in [-0.2, 0) is 0 Å². The van der Waals surface area contributed by atoms with Crippen LogP contribution in [0.4, 0.5) is 17.1 Å². The molecule has 0 fully saturated rings. The van der Waals surface area contributed by atoms with Gasteiger partial charge in [0.15, 0.2) is 0 Å². The summed E-state index contributed by atoms with van der Waals surface area (Å²) in [6.07, 6.45) is 0. The number of anilines is 3. The van der Waals surface area contributed by atoms with E-state index in [2.05, 4.69) is 229 Å². The van der Waals surface area contributed by atoms with E-state index in [0.29, 0.717) is 0 Å². The minimum absolute atomic E-state index is 1.10. The number of fused-ring (bicyclic) bond motifs is 5. The SMILES string of the molecule is c1cc(-c2ccc(N(c3ccc(-c4ccc5c(c4)sc4ccccc45)cc3)c3ccccc3-c3ccc4ccccc4c3)cc2)cc(-c2ccc3ccccc3c2)c1. The molecule has 1 nitrogen and oxygen atoms in total. The number of nitrogens with zero attached hydrogens (tertiary/aromatic N) is 1. The summed E-state index contributed by atoms with van der Waals surface area (Å²) in [5, 5.41) is 7.63. The highest BCUT2D eigenvalue weighted by Gasteiger charge is 2.18. The monoisotopic (exact) mass is 755 g/mol. The highest BCUT2D eigenvalue weighted by Crippen LogP contribution is 2.43. The van der Waals surface area contributed by atoms with Crippen molar-refractivity contribution < 1.29 is 0 Å². The molecule has 2 heteroatoms. The number of hydrogen-bond donors (Lipinski definition) is 0. The van der Waals surface area contributed by atoms with Gasteiger partial charge >= 0.3 is 0 Å². The molecule has 58 heavy (non-hydrogen) atoms. The zero-order valence-electron chi connectivity index (χ0n) is 31.7. The third-order valence-corrected chi connectivity index (χ3v) is 12.6. The molecule has 0 spiro atoms. The number of thiophene rings is 1. The van der Waals surface area contributed by atoms with Crippen molar-refractivity contribution in [1.82, 2.24) is 0 Å². The van der Waals surface area contributed by atoms with Crippen LogP contribution in [0.25, 0.3) is 86.2 Å². The summed E-state index contributed by atoms with van der Waals surface area (Å²) in [6, 6.07) is 82.0. The van der Waals surface area contributed by atoms with Crippen LogP contribution in [-0.4, -0.2) is 0 Å². The van der Waals surface area contributed by atoms with Crippen molar-refractivity contribution in [3.8, 4) is 44.5 Å². The maximum absolute atomic E-state index is 2.40. The molecule has 1 heterocycles. The number of rotatable bonds is 7. The topological polar surface area (TPSA) is 3.24 Å². The van der Waals surface area contributed by atoms with Crippen LogP contribution < -0.4 is 4.90 Å². The molecule has 1 aromatic heterocycles. The summed E-state index contributed by atoms with van der Waals surface area (Å²) < 4.78 is 2.64. The lowest BCUT2D eigenvalue weighted by molar-refractivity contribution is 1.28. The second kappa shape index (κ2) is 14.4. The largest absolute Gasteiger partial charge is 0.310 e. The Kier molecular flexibility index (Phi) is 8.42. The third-order valence-electron chi connectivity index (χ3n) is 11.4. The molecular weight excluding hydrogens is 719 g/mol. The quantitative estimate of drug-likeness (QED) is 0.157. The van der Waals surface area contributed by atoms with Gasteiger partial charge in [0.05, 0.1) is 5.69 Å². The zero-order chi connectivity index (χ0) is 38.4. The first-order valence-corrected chi connectivity index (χ1v) is 20.6. The van der Waals surface area contributed by atoms with E-state index in [4.69, 9.17) is 0 Å². The summed E-state index contributed by atoms with van der Waals surface area (Å²) >= 11 is 1.86. The van der Waals surface area contributed by atoms with Crippen LogP contribution in [0.15, 0.2) is 224 Å². The Morgan fingerprint density at radius 3 is 1.47 bits per heavy atom. The Bertz CT molecular complexity index is 3280. The molecule has 0 saturated heterocycles. The Morgan fingerprint density at radius 1 is 0.276 bits per heavy atom. The van der Waals surface area contributed by atoms with Gasteiger partial charge in [-0.05, 0) is 121 Å². The van der Waals surface area contributed by atoms with Crippen LogP contribution in [0.3, 0.4) is 0 Å². The molecule has 0 aliphatic carbocycles. The number of para-hydroxylation sites is 1. The summed E-state index contributed by atoms with van der Waals surface area (Å²) in [7, 11) is 0. The highest BCUT2D eigenvalue weighted by atomic mass is 32.1. The second-order valence-corrected chi connectivity index (χ2v) is 16.0. The summed E-state index contributed by atoms with van der Waals surface area (Å²) in [5.41, 5.74) is 12.9. The first kappa shape index (κ1) is 34.0. The van der Waals surface area contributed by atoms with Crippen LogP contribution >= 0.6 is 11.3 Å². The lowest BCUT2D eigenvalue weighted by Gasteiger charge is -2.28. The predicted molar refractivity (Wildman–Crippen MR) is 251 cm³/mol. The molecule has 0 amide bonds. The standard InChI is InChI=1S/C56H37NS/c1-3-12-42-35-46(22-20-38(42)10-1)45-15-9-14-44(34-45)40-24-29-49(30-25-40)57(54-18-7-5-16-51(54)48-23-21-39-11-2-4-13-43(39)36-48)50-31-26-41(27-32-50)47-28-33-53-52-17-6-8-19-55(52)58-56(53)37-47/h1-37H. The molecule has 0 saturated carbocycles. The van der Waals surface area contributed by atoms with Crippen LogP contribution in [0.2, 0.25) is 0 Å². The molecule has 11 aromatic rings. The van der Waals surface area contributed by atoms with E-state index < -0.39 is 0 Å². The second-order valence-electron chi connectivity index (χ2n) is 15.0. The van der Waals surface area contributed by atoms with Gasteiger partial charge in [-0.25, -0.2) is 0 Å². The molecule has 272 valence electrons. The molecule has 0 atom stereocenters. The smallest absolute Gasteiger partial charge is 0.0540 e. The summed E-state index contributed by atoms with van der Waals surface area (Å²) in [4.78, 5) is 2.40. The fourth-order valence-corrected chi connectivity index (χ4v) is 9.60. The van der Waals surface area contributed by atoms with Gasteiger partial charge in [0.2, 0.25) is 0 Å². The lowest BCUT2D eigenvalue weighted by atomic mass is 9.96. The van der Waals surface area contributed by atoms with E-state index in [1.807, 2.05) is 11.3 Å². The van der Waals surface area contributed by atoms with Gasteiger partial charge in [-0.15, -0.1) is 11.3 Å². The van der Waals surface area contributed by atoms with Crippen molar-refractivity contribution >= 4 is 70.1 Å². The van der Waals surface area contributed by atoms with E-state index in [0.717, 1.165) is 17.1 Å². The van der Waals surface area contributed by atoms with Gasteiger partial charge in [-0.2, -0.15) is 0 Å². The van der Waals surface area contributed by atoms with E-state index in [9.17, 15) is 0 Å². The van der Waals surface area contributed by atoms with E-state index in [1.165, 1.54) is 86.2 Å². The highest BCUT2D eigenvalue weighted by molar-refractivity contribution is 7.25. The molecule has 0 aliphatic rings. The molecule has 0 bridgehead atoms. The minimum atomic E-state index is 1.10. The fraction of sp³-hybridized carbons (Fsp3) is 0. The van der Waals surface area contributed by atoms with Gasteiger partial charge in [0.1, 0.15) is 0 Å². The van der Waals surface area contributed by atoms with Crippen molar-refractivity contribution in [2.45, 2.75) is 0 Å². The van der Waals surface area contributed by atoms with Gasteiger partial charge in [0.25, 0.3) is 0 Å². The van der Waals surface area contributed by atoms with Crippen molar-refractivity contribution in [3.63, 3.8) is 0 Å². The van der Waals surface area contributed by atoms with Gasteiger partial charge < -0.3 is 4.90 Å². The lowest BCUT2D eigenvalue weighted by Crippen LogP contribution is -2.11. The van der Waals surface area contributed by atoms with Crippen molar-refractivity contribution in [1.29, 1.82) is 0 Å². The molecular formula is C56H37NS. The average molecular weight is 756 g/mol. The number of hydrogen-bond acceptors (Lipinski definition) is 2. The maximum atomic E-state index is 2.40. The van der Waals surface area contributed by atoms with Crippen LogP contribution in [0.1, 0.15) is 0 Å². The fourth-order valence-electron chi connectivity index (χ4n) is 8.46. The number of benzene rings is 10. The van der Waals surface area contributed by atoms with E-state index >= 15 is 0 Å². The minimum Gasteiger partial charge on any atom is -0.310 e. The van der Waals surface area contributed by atoms with Crippen molar-refractivity contribution in [2.24, 2.45) is 0 Å². The van der Waals surface area contributed by atoms with Crippen molar-refractivity contribution in [3.05, 3.63) is 224 Å². The van der Waals surface area contributed by atoms with E-state index in [-0.39, 0.29) is 0 Å². The Morgan fingerprint density at radius 2 is 0.759 bits per heavy atom. The Labute approximate surface area is 342 Å². The predicted octanol–water partition coefficient (Wildman–Crippen LogP) is 16.5. The van der Waals surface area contributed by atoms with Crippen molar-refractivity contribution in [2.75, 3.05) is 4.90 Å². The Hall–Kier alpha value is -7.26. The van der Waals surface area contributed by atoms with Crippen LogP contribution in [0.5, 0.6) is 0 Å². The van der Waals surface area contributed by atoms with E-state index in [1.54, 1.807) is 0 Å². The molecule has 0 radical (unpaired) electrons. The maximum Gasteiger partial charge on any atom is 0.0540 e. The summed E-state index contributed by atoms with van der Waals surface area (Å²) in [6.45, 7) is 0. The van der Waals surface area contributed by atoms with Gasteiger partial charge in [0, 0.05) is 37.1 Å². The molecule has 0 unspecified atom stereocenters. The van der Waals surface area contributed by atoms with Gasteiger partial charge in [-0.1, -0.05) is 164 Å². The molecule has 11 rings (SSSR count). The normalized spacial score (nSPS) is 11.4. The first-order chi connectivity index (χ1) is 28.7. The average Bonchev–Trinajstić information content (AvgIpc) is 3.67. The molecule has 10 aromatic carbocycles. The summed E-state index contributed by atoms with van der Waals surface area (Å²) in [5.74, 6) is 0. The van der Waals surface area contributed by atoms with Gasteiger partial charge in [-0.3, -0.25) is 0 Å². The first-order valence-electron chi connectivity index (χ1n) is 19.8. The third kappa shape index (κ3) is 6.21. The Balaban J connectivity index is 0.988. The molecule has 0 N–H and O–H groups in total. The zero-order valence-corrected chi connectivity index (χ0v) is 32.5.